The lowest BCUT2D eigenvalue weighted by Crippen LogP contribution is -2.45. The van der Waals surface area contributed by atoms with Gasteiger partial charge in [-0.25, -0.2) is 0 Å². The second kappa shape index (κ2) is 7.34. The third kappa shape index (κ3) is 4.98. The Labute approximate surface area is 137 Å². The summed E-state index contributed by atoms with van der Waals surface area (Å²) >= 11 is 0. The predicted octanol–water partition coefficient (Wildman–Crippen LogP) is 3.02. The van der Waals surface area contributed by atoms with Crippen LogP contribution in [0.15, 0.2) is 24.3 Å². The first kappa shape index (κ1) is 17.8. The molecule has 1 aromatic carbocycles. The summed E-state index contributed by atoms with van der Waals surface area (Å²) in [6, 6.07) is 8.11. The van der Waals surface area contributed by atoms with E-state index in [-0.39, 0.29) is 17.0 Å². The molecule has 1 fully saturated rings. The minimum Gasteiger partial charge on any atom is -0.465 e. The molecule has 5 heteroatoms. The molecule has 0 aliphatic carbocycles. The molecule has 0 bridgehead atoms. The van der Waals surface area contributed by atoms with Gasteiger partial charge in [-0.1, -0.05) is 31.4 Å². The topological polar surface area (TPSA) is 27.7 Å². The molecule has 3 nitrogen and oxygen atoms in total. The van der Waals surface area contributed by atoms with E-state index in [1.807, 2.05) is 12.1 Å². The predicted molar refractivity (Wildman–Crippen MR) is 96.4 cm³/mol. The van der Waals surface area contributed by atoms with Gasteiger partial charge in [-0.15, -0.1) is 9.24 Å². The summed E-state index contributed by atoms with van der Waals surface area (Å²) in [6.45, 7) is 9.38. The zero-order valence-electron chi connectivity index (χ0n) is 14.2. The number of hydrogen-bond acceptors (Lipinski definition) is 3. The van der Waals surface area contributed by atoms with Crippen molar-refractivity contribution in [3.05, 3.63) is 24.3 Å². The monoisotopic (exact) mass is 322 g/mol. The summed E-state index contributed by atoms with van der Waals surface area (Å²) in [7, 11) is 3.46. The molecule has 1 aromatic rings. The summed E-state index contributed by atoms with van der Waals surface area (Å²) in [6.07, 6.45) is 3.20. The summed E-state index contributed by atoms with van der Waals surface area (Å²) in [4.78, 5) is 0. The first-order chi connectivity index (χ1) is 10.3. The molecule has 0 saturated carbocycles. The van der Waals surface area contributed by atoms with Crippen molar-refractivity contribution in [3.63, 3.8) is 0 Å². The molecule has 2 atom stereocenters. The third-order valence-corrected chi connectivity index (χ3v) is 5.18. The molecular weight excluding hydrogens is 294 g/mol. The van der Waals surface area contributed by atoms with E-state index in [2.05, 4.69) is 49.1 Å². The van der Waals surface area contributed by atoms with Crippen molar-refractivity contribution in [2.45, 2.75) is 64.0 Å². The fraction of sp³-hybridized carbons (Fsp3) is 0.647. The van der Waals surface area contributed by atoms with Crippen molar-refractivity contribution in [3.8, 4) is 5.75 Å². The van der Waals surface area contributed by atoms with E-state index in [1.54, 1.807) is 0 Å². The van der Waals surface area contributed by atoms with Crippen molar-refractivity contribution in [1.82, 2.24) is 0 Å². The van der Waals surface area contributed by atoms with Crippen LogP contribution in [-0.2, 0) is 9.39 Å². The third-order valence-electron chi connectivity index (χ3n) is 4.48. The minimum absolute atomic E-state index is 0.0222. The standard InChI is InChI=1S/C17H28BO3P/c1-16(2,17(3,4)22)21-18-13-8-10-14(11-9-13)20-15-7-5-6-12-19-15/h8-11,15,18H,5-7,12,22H2,1-4H3. The average Bonchev–Trinajstić information content (AvgIpc) is 2.46. The lowest BCUT2D eigenvalue weighted by atomic mass is 9.84. The summed E-state index contributed by atoms with van der Waals surface area (Å²) in [5.41, 5.74) is 0.946. The zero-order valence-corrected chi connectivity index (χ0v) is 15.4. The van der Waals surface area contributed by atoms with Crippen LogP contribution >= 0.6 is 9.24 Å². The number of ether oxygens (including phenoxy) is 2. The Morgan fingerprint density at radius 2 is 1.82 bits per heavy atom. The molecule has 0 radical (unpaired) electrons. The van der Waals surface area contributed by atoms with Gasteiger partial charge in [0.25, 0.3) is 0 Å². The van der Waals surface area contributed by atoms with Crippen LogP contribution in [0.3, 0.4) is 0 Å². The highest BCUT2D eigenvalue weighted by atomic mass is 31.0. The number of benzene rings is 1. The van der Waals surface area contributed by atoms with E-state index < -0.39 is 0 Å². The molecule has 0 spiro atoms. The largest absolute Gasteiger partial charge is 0.465 e. The Morgan fingerprint density at radius 1 is 1.14 bits per heavy atom. The molecule has 1 heterocycles. The fourth-order valence-corrected chi connectivity index (χ4v) is 2.15. The van der Waals surface area contributed by atoms with Gasteiger partial charge in [0.05, 0.1) is 12.2 Å². The molecule has 0 N–H and O–H groups in total. The maximum absolute atomic E-state index is 6.08. The Morgan fingerprint density at radius 3 is 2.36 bits per heavy atom. The molecular formula is C17H28BO3P. The highest BCUT2D eigenvalue weighted by Crippen LogP contribution is 2.33. The Hall–Kier alpha value is -0.565. The van der Waals surface area contributed by atoms with E-state index >= 15 is 0 Å². The quantitative estimate of drug-likeness (QED) is 0.595. The molecule has 1 saturated heterocycles. The van der Waals surface area contributed by atoms with Crippen LogP contribution in [0.4, 0.5) is 0 Å². The number of rotatable bonds is 6. The molecule has 122 valence electrons. The minimum atomic E-state index is -0.206. The van der Waals surface area contributed by atoms with Gasteiger partial charge < -0.3 is 14.1 Å². The average molecular weight is 322 g/mol. The maximum Gasteiger partial charge on any atom is 0.309 e. The second-order valence-corrected chi connectivity index (χ2v) is 8.52. The van der Waals surface area contributed by atoms with Gasteiger partial charge >= 0.3 is 7.48 Å². The van der Waals surface area contributed by atoms with Crippen LogP contribution in [0.25, 0.3) is 0 Å². The van der Waals surface area contributed by atoms with Crippen LogP contribution in [0.2, 0.25) is 0 Å². The van der Waals surface area contributed by atoms with Gasteiger partial charge in [-0.2, -0.15) is 0 Å². The van der Waals surface area contributed by atoms with Gasteiger partial charge in [0.1, 0.15) is 5.75 Å². The smallest absolute Gasteiger partial charge is 0.309 e. The molecule has 0 amide bonds. The first-order valence-electron chi connectivity index (χ1n) is 8.08. The Bertz CT molecular complexity index is 462. The summed E-state index contributed by atoms with van der Waals surface area (Å²) < 4.78 is 17.5. The highest BCUT2D eigenvalue weighted by Gasteiger charge is 2.33. The van der Waals surface area contributed by atoms with Crippen LogP contribution in [0.5, 0.6) is 5.75 Å². The lowest BCUT2D eigenvalue weighted by molar-refractivity contribution is -0.105. The van der Waals surface area contributed by atoms with E-state index in [9.17, 15) is 0 Å². The second-order valence-electron chi connectivity index (χ2n) is 7.08. The van der Waals surface area contributed by atoms with E-state index in [4.69, 9.17) is 14.1 Å². The zero-order chi connectivity index (χ0) is 16.2. The molecule has 2 rings (SSSR count). The maximum atomic E-state index is 6.08. The molecule has 0 aromatic heterocycles. The van der Waals surface area contributed by atoms with E-state index in [0.29, 0.717) is 7.48 Å². The Balaban J connectivity index is 1.86. The SMILES string of the molecule is CC(C)(P)C(C)(C)OBc1ccc(OC2CCCCO2)cc1. The molecule has 1 aliphatic heterocycles. The Kier molecular flexibility index (Phi) is 5.93. The molecule has 1 aliphatic rings. The van der Waals surface area contributed by atoms with Crippen LogP contribution in [0.1, 0.15) is 47.0 Å². The van der Waals surface area contributed by atoms with E-state index in [1.165, 1.54) is 6.42 Å². The van der Waals surface area contributed by atoms with Crippen LogP contribution in [0, 0.1) is 0 Å². The van der Waals surface area contributed by atoms with Crippen LogP contribution in [-0.4, -0.2) is 31.1 Å². The first-order valence-corrected chi connectivity index (χ1v) is 8.66. The normalized spacial score (nSPS) is 19.8. The van der Waals surface area contributed by atoms with Gasteiger partial charge in [0, 0.05) is 11.6 Å². The highest BCUT2D eigenvalue weighted by molar-refractivity contribution is 7.19. The van der Waals surface area contributed by atoms with Crippen molar-refractivity contribution in [2.24, 2.45) is 0 Å². The van der Waals surface area contributed by atoms with Crippen molar-refractivity contribution in [1.29, 1.82) is 0 Å². The lowest BCUT2D eigenvalue weighted by Gasteiger charge is -2.39. The number of hydrogen-bond donors (Lipinski definition) is 0. The van der Waals surface area contributed by atoms with E-state index in [0.717, 1.165) is 30.7 Å². The fourth-order valence-electron chi connectivity index (χ4n) is 2.07. The summed E-state index contributed by atoms with van der Waals surface area (Å²) in [5, 5.41) is 0.0222. The van der Waals surface area contributed by atoms with Crippen molar-refractivity contribution in [2.75, 3.05) is 6.61 Å². The van der Waals surface area contributed by atoms with Gasteiger partial charge in [-0.3, -0.25) is 0 Å². The van der Waals surface area contributed by atoms with Gasteiger partial charge in [0.2, 0.25) is 0 Å². The summed E-state index contributed by atoms with van der Waals surface area (Å²) in [5.74, 6) is 0.862. The molecule has 22 heavy (non-hydrogen) atoms. The van der Waals surface area contributed by atoms with Crippen molar-refractivity contribution < 1.29 is 14.1 Å². The van der Waals surface area contributed by atoms with Gasteiger partial charge in [-0.05, 0) is 38.8 Å². The molecule has 2 unspecified atom stereocenters. The van der Waals surface area contributed by atoms with Crippen LogP contribution < -0.4 is 10.2 Å². The van der Waals surface area contributed by atoms with Gasteiger partial charge in [0.15, 0.2) is 6.29 Å². The van der Waals surface area contributed by atoms with Crippen molar-refractivity contribution >= 4 is 22.2 Å².